The van der Waals surface area contributed by atoms with Crippen LogP contribution in [0.1, 0.15) is 27.4 Å². The van der Waals surface area contributed by atoms with Gasteiger partial charge in [-0.1, -0.05) is 0 Å². The van der Waals surface area contributed by atoms with E-state index in [4.69, 9.17) is 5.14 Å². The van der Waals surface area contributed by atoms with Gasteiger partial charge in [-0.2, -0.15) is 0 Å². The molecule has 1 saturated carbocycles. The van der Waals surface area contributed by atoms with E-state index in [1.54, 1.807) is 18.9 Å². The molecule has 0 spiro atoms. The molecule has 1 aromatic heterocycles. The third-order valence-electron chi connectivity index (χ3n) is 2.97. The molecule has 0 aromatic carbocycles. The second kappa shape index (κ2) is 4.64. The molecule has 2 rings (SSSR count). The molecule has 0 radical (unpaired) electrons. The molecule has 0 saturated heterocycles. The summed E-state index contributed by atoms with van der Waals surface area (Å²) in [4.78, 5) is 14.8. The van der Waals surface area contributed by atoms with E-state index >= 15 is 0 Å². The largest absolute Gasteiger partial charge is 0.341 e. The molecule has 18 heavy (non-hydrogen) atoms. The van der Waals surface area contributed by atoms with Gasteiger partial charge in [-0.25, -0.2) is 13.6 Å². The maximum atomic E-state index is 12.1. The van der Waals surface area contributed by atoms with Gasteiger partial charge >= 0.3 is 0 Å². The predicted molar refractivity (Wildman–Crippen MR) is 70.1 cm³/mol. The predicted octanol–water partition coefficient (Wildman–Crippen LogP) is 1.19. The van der Waals surface area contributed by atoms with Crippen LogP contribution in [0.3, 0.4) is 0 Å². The summed E-state index contributed by atoms with van der Waals surface area (Å²) in [5.41, 5.74) is 0. The van der Waals surface area contributed by atoms with Crippen LogP contribution in [0.5, 0.6) is 0 Å². The van der Waals surface area contributed by atoms with Crippen molar-refractivity contribution in [2.45, 2.75) is 24.7 Å². The van der Waals surface area contributed by atoms with E-state index in [0.717, 1.165) is 6.54 Å². The van der Waals surface area contributed by atoms with Gasteiger partial charge < -0.3 is 4.90 Å². The van der Waals surface area contributed by atoms with Crippen molar-refractivity contribution in [3.05, 3.63) is 15.8 Å². The van der Waals surface area contributed by atoms with Crippen molar-refractivity contribution in [1.82, 2.24) is 4.90 Å². The molecule has 1 amide bonds. The van der Waals surface area contributed by atoms with Gasteiger partial charge in [0.15, 0.2) is 0 Å². The van der Waals surface area contributed by atoms with Crippen LogP contribution in [-0.4, -0.2) is 32.8 Å². The summed E-state index contributed by atoms with van der Waals surface area (Å²) in [7, 11) is -2.00. The van der Waals surface area contributed by atoms with Crippen molar-refractivity contribution in [3.63, 3.8) is 0 Å². The third kappa shape index (κ3) is 2.90. The summed E-state index contributed by atoms with van der Waals surface area (Å²) in [5, 5.41) is 5.09. The lowest BCUT2D eigenvalue weighted by Crippen LogP contribution is -2.28. The number of nitrogens with two attached hydrogens (primary N) is 1. The van der Waals surface area contributed by atoms with Crippen molar-refractivity contribution in [2.24, 2.45) is 11.1 Å². The average Bonchev–Trinajstić information content (AvgIpc) is 2.96. The molecule has 1 aromatic rings. The quantitative estimate of drug-likeness (QED) is 0.903. The Morgan fingerprint density at radius 1 is 1.56 bits per heavy atom. The van der Waals surface area contributed by atoms with Crippen molar-refractivity contribution >= 4 is 27.3 Å². The molecule has 0 bridgehead atoms. The van der Waals surface area contributed by atoms with Gasteiger partial charge in [0.1, 0.15) is 0 Å². The summed E-state index contributed by atoms with van der Waals surface area (Å²) >= 11 is 1.17. The number of hydrogen-bond acceptors (Lipinski definition) is 4. The number of primary sulfonamides is 1. The van der Waals surface area contributed by atoms with Crippen LogP contribution < -0.4 is 5.14 Å². The highest BCUT2D eigenvalue weighted by atomic mass is 32.2. The maximum absolute atomic E-state index is 12.1. The highest BCUT2D eigenvalue weighted by molar-refractivity contribution is 7.89. The zero-order chi connectivity index (χ0) is 13.5. The van der Waals surface area contributed by atoms with Gasteiger partial charge in [-0.15, -0.1) is 11.3 Å². The highest BCUT2D eigenvalue weighted by Gasteiger charge is 2.27. The topological polar surface area (TPSA) is 80.5 Å². The number of sulfonamides is 1. The molecule has 5 nitrogen and oxygen atoms in total. The summed E-state index contributed by atoms with van der Waals surface area (Å²) in [5.74, 6) is 0.475. The van der Waals surface area contributed by atoms with E-state index in [-0.39, 0.29) is 10.8 Å². The van der Waals surface area contributed by atoms with Crippen LogP contribution in [0.2, 0.25) is 0 Å². The van der Waals surface area contributed by atoms with Crippen LogP contribution in [0.15, 0.2) is 11.0 Å². The normalized spacial score (nSPS) is 15.7. The Morgan fingerprint density at radius 3 is 2.61 bits per heavy atom. The van der Waals surface area contributed by atoms with Gasteiger partial charge in [0, 0.05) is 18.5 Å². The van der Waals surface area contributed by atoms with E-state index in [1.807, 2.05) is 0 Å². The fourth-order valence-electron chi connectivity index (χ4n) is 1.81. The van der Waals surface area contributed by atoms with Crippen LogP contribution in [0.25, 0.3) is 0 Å². The lowest BCUT2D eigenvalue weighted by Gasteiger charge is -2.15. The second-order valence-corrected chi connectivity index (χ2v) is 7.49. The van der Waals surface area contributed by atoms with Crippen molar-refractivity contribution in [1.29, 1.82) is 0 Å². The van der Waals surface area contributed by atoms with Gasteiger partial charge in [0.2, 0.25) is 10.0 Å². The van der Waals surface area contributed by atoms with Gasteiger partial charge in [0.05, 0.1) is 9.77 Å². The second-order valence-electron chi connectivity index (χ2n) is 4.71. The van der Waals surface area contributed by atoms with Crippen LogP contribution in [-0.2, 0) is 10.0 Å². The third-order valence-corrected chi connectivity index (χ3v) is 5.17. The molecule has 0 aliphatic heterocycles. The molecule has 0 atom stereocenters. The lowest BCUT2D eigenvalue weighted by atomic mass is 10.3. The molecular weight excluding hydrogens is 272 g/mol. The van der Waals surface area contributed by atoms with E-state index in [0.29, 0.717) is 15.7 Å². The summed E-state index contributed by atoms with van der Waals surface area (Å²) in [6.07, 6.45) is 2.34. The lowest BCUT2D eigenvalue weighted by molar-refractivity contribution is 0.0793. The van der Waals surface area contributed by atoms with Crippen molar-refractivity contribution in [3.8, 4) is 0 Å². The number of carbonyl (C=O) groups excluding carboxylic acids is 1. The fraction of sp³-hybridized carbons (Fsp3) is 0.545. The molecule has 2 N–H and O–H groups in total. The summed E-state index contributed by atoms with van der Waals surface area (Å²) in [6, 6.07) is 1.38. The zero-order valence-electron chi connectivity index (χ0n) is 10.3. The number of rotatable bonds is 4. The average molecular weight is 288 g/mol. The maximum Gasteiger partial charge on any atom is 0.263 e. The van der Waals surface area contributed by atoms with E-state index in [1.165, 1.54) is 30.2 Å². The van der Waals surface area contributed by atoms with E-state index < -0.39 is 10.0 Å². The van der Waals surface area contributed by atoms with Crippen LogP contribution in [0.4, 0.5) is 0 Å². The van der Waals surface area contributed by atoms with Crippen molar-refractivity contribution < 1.29 is 13.2 Å². The molecule has 100 valence electrons. The monoisotopic (exact) mass is 288 g/mol. The molecule has 1 aliphatic rings. The smallest absolute Gasteiger partial charge is 0.263 e. The fourth-order valence-corrected chi connectivity index (χ4v) is 3.95. The molecular formula is C11H16N2O3S2. The minimum Gasteiger partial charge on any atom is -0.341 e. The number of nitrogens with zero attached hydrogens (tertiary/aromatic N) is 1. The minimum atomic E-state index is -3.74. The Balaban J connectivity index is 2.20. The first-order chi connectivity index (χ1) is 8.29. The molecule has 1 fully saturated rings. The van der Waals surface area contributed by atoms with Gasteiger partial charge in [-0.3, -0.25) is 4.79 Å². The Bertz CT molecular complexity index is 573. The first-order valence-electron chi connectivity index (χ1n) is 5.67. The van der Waals surface area contributed by atoms with E-state index in [2.05, 4.69) is 0 Å². The number of aryl methyl sites for hydroxylation is 1. The molecule has 0 unspecified atom stereocenters. The number of hydrogen-bond donors (Lipinski definition) is 1. The first kappa shape index (κ1) is 13.5. The first-order valence-corrected chi connectivity index (χ1v) is 8.04. The summed E-state index contributed by atoms with van der Waals surface area (Å²) in [6.45, 7) is 2.39. The van der Waals surface area contributed by atoms with Crippen LogP contribution in [0, 0.1) is 12.8 Å². The number of carbonyl (C=O) groups is 1. The number of thiophene rings is 1. The number of amides is 1. The highest BCUT2D eigenvalue weighted by Crippen LogP contribution is 2.31. The Morgan fingerprint density at radius 2 is 2.17 bits per heavy atom. The Kier molecular flexibility index (Phi) is 3.48. The molecule has 7 heteroatoms. The SMILES string of the molecule is Cc1sc(C(=O)N(C)CC2CC2)cc1S(N)(=O)=O. The minimum absolute atomic E-state index is 0.0515. The molecule has 1 heterocycles. The zero-order valence-corrected chi connectivity index (χ0v) is 12.0. The van der Waals surface area contributed by atoms with Gasteiger partial charge in [0.25, 0.3) is 5.91 Å². The van der Waals surface area contributed by atoms with Crippen molar-refractivity contribution in [2.75, 3.05) is 13.6 Å². The Hall–Kier alpha value is -0.920. The van der Waals surface area contributed by atoms with Gasteiger partial charge in [-0.05, 0) is 31.7 Å². The van der Waals surface area contributed by atoms with E-state index in [9.17, 15) is 13.2 Å². The summed E-state index contributed by atoms with van der Waals surface area (Å²) < 4.78 is 22.6. The molecule has 1 aliphatic carbocycles. The Labute approximate surface area is 111 Å². The standard InChI is InChI=1S/C11H16N2O3S2/c1-7-10(18(12,15)16)5-9(17-7)11(14)13(2)6-8-3-4-8/h5,8H,3-4,6H2,1-2H3,(H2,12,15,16). The van der Waals surface area contributed by atoms with Crippen LogP contribution >= 0.6 is 11.3 Å².